The van der Waals surface area contributed by atoms with Crippen molar-refractivity contribution in [3.05, 3.63) is 35.6 Å². The van der Waals surface area contributed by atoms with Crippen LogP contribution in [0.2, 0.25) is 0 Å². The SMILES string of the molecule is CC1CCNC(c2ccc(F)cc2)CS1=O. The lowest BCUT2D eigenvalue weighted by Crippen LogP contribution is -2.23. The van der Waals surface area contributed by atoms with Gasteiger partial charge < -0.3 is 5.32 Å². The molecule has 0 saturated carbocycles. The first-order valence-corrected chi connectivity index (χ1v) is 6.91. The number of halogens is 1. The molecule has 1 aromatic carbocycles. The molecule has 1 fully saturated rings. The van der Waals surface area contributed by atoms with Gasteiger partial charge >= 0.3 is 0 Å². The van der Waals surface area contributed by atoms with Gasteiger partial charge in [-0.25, -0.2) is 4.39 Å². The molecule has 0 bridgehead atoms. The largest absolute Gasteiger partial charge is 0.309 e. The lowest BCUT2D eigenvalue weighted by atomic mass is 10.1. The maximum atomic E-state index is 12.8. The van der Waals surface area contributed by atoms with E-state index in [9.17, 15) is 8.60 Å². The van der Waals surface area contributed by atoms with Crippen molar-refractivity contribution in [1.29, 1.82) is 0 Å². The molecule has 2 nitrogen and oxygen atoms in total. The molecule has 1 heterocycles. The van der Waals surface area contributed by atoms with E-state index in [4.69, 9.17) is 0 Å². The standard InChI is InChI=1S/C12H16FNOS/c1-9-6-7-14-12(8-16(9)15)10-2-4-11(13)5-3-10/h2-5,9,12,14H,6-8H2,1H3. The molecule has 3 unspecified atom stereocenters. The fourth-order valence-corrected chi connectivity index (χ4v) is 3.24. The number of hydrogen-bond acceptors (Lipinski definition) is 2. The Morgan fingerprint density at radius 3 is 2.75 bits per heavy atom. The zero-order valence-corrected chi connectivity index (χ0v) is 10.1. The van der Waals surface area contributed by atoms with Crippen molar-refractivity contribution in [3.63, 3.8) is 0 Å². The summed E-state index contributed by atoms with van der Waals surface area (Å²) in [6.45, 7) is 2.89. The molecule has 88 valence electrons. The first kappa shape index (κ1) is 11.7. The molecule has 1 N–H and O–H groups in total. The molecule has 0 radical (unpaired) electrons. The first-order valence-electron chi connectivity index (χ1n) is 5.53. The van der Waals surface area contributed by atoms with E-state index >= 15 is 0 Å². The van der Waals surface area contributed by atoms with Gasteiger partial charge in [0.05, 0.1) is 0 Å². The summed E-state index contributed by atoms with van der Waals surface area (Å²) in [5.41, 5.74) is 1.02. The number of benzene rings is 1. The maximum Gasteiger partial charge on any atom is 0.123 e. The van der Waals surface area contributed by atoms with Gasteiger partial charge in [0.1, 0.15) is 5.82 Å². The number of nitrogens with one attached hydrogen (secondary N) is 1. The molecule has 4 heteroatoms. The average Bonchev–Trinajstić information content (AvgIpc) is 2.43. The van der Waals surface area contributed by atoms with E-state index in [0.29, 0.717) is 5.75 Å². The number of rotatable bonds is 1. The zero-order valence-electron chi connectivity index (χ0n) is 9.28. The Hall–Kier alpha value is -0.740. The van der Waals surface area contributed by atoms with Crippen LogP contribution in [0.15, 0.2) is 24.3 Å². The quantitative estimate of drug-likeness (QED) is 0.814. The Morgan fingerprint density at radius 2 is 2.06 bits per heavy atom. The van der Waals surface area contributed by atoms with Crippen molar-refractivity contribution in [2.24, 2.45) is 0 Å². The van der Waals surface area contributed by atoms with Gasteiger partial charge in [0.25, 0.3) is 0 Å². The summed E-state index contributed by atoms with van der Waals surface area (Å²) in [6.07, 6.45) is 0.935. The van der Waals surface area contributed by atoms with E-state index in [1.807, 2.05) is 6.92 Å². The van der Waals surface area contributed by atoms with Crippen molar-refractivity contribution < 1.29 is 8.60 Å². The Bertz CT molecular complexity index is 379. The summed E-state index contributed by atoms with van der Waals surface area (Å²) in [5, 5.41) is 3.61. The highest BCUT2D eigenvalue weighted by atomic mass is 32.2. The smallest absolute Gasteiger partial charge is 0.123 e. The highest BCUT2D eigenvalue weighted by molar-refractivity contribution is 7.85. The van der Waals surface area contributed by atoms with Crippen LogP contribution >= 0.6 is 0 Å². The predicted octanol–water partition coefficient (Wildman–Crippen LogP) is 2.00. The van der Waals surface area contributed by atoms with Gasteiger partial charge in [-0.3, -0.25) is 4.21 Å². The fraction of sp³-hybridized carbons (Fsp3) is 0.500. The Balaban J connectivity index is 2.14. The molecule has 0 amide bonds. The van der Waals surface area contributed by atoms with E-state index in [0.717, 1.165) is 18.5 Å². The molecule has 0 spiro atoms. The monoisotopic (exact) mass is 241 g/mol. The molecule has 1 aliphatic rings. The molecule has 3 atom stereocenters. The summed E-state index contributed by atoms with van der Waals surface area (Å²) in [6, 6.07) is 6.52. The zero-order chi connectivity index (χ0) is 11.5. The summed E-state index contributed by atoms with van der Waals surface area (Å²) >= 11 is 0. The van der Waals surface area contributed by atoms with E-state index < -0.39 is 10.8 Å². The topological polar surface area (TPSA) is 29.1 Å². The Kier molecular flexibility index (Phi) is 3.71. The van der Waals surface area contributed by atoms with Crippen LogP contribution in [0.1, 0.15) is 24.9 Å². The second-order valence-corrected chi connectivity index (χ2v) is 6.10. The van der Waals surface area contributed by atoms with Crippen LogP contribution in [0.4, 0.5) is 4.39 Å². The van der Waals surface area contributed by atoms with Crippen LogP contribution < -0.4 is 5.32 Å². The van der Waals surface area contributed by atoms with Crippen LogP contribution in [0.25, 0.3) is 0 Å². The summed E-state index contributed by atoms with van der Waals surface area (Å²) in [5.74, 6) is 0.388. The minimum atomic E-state index is -0.794. The van der Waals surface area contributed by atoms with Gasteiger partial charge in [0, 0.05) is 27.8 Å². The van der Waals surface area contributed by atoms with Crippen LogP contribution in [0.5, 0.6) is 0 Å². The van der Waals surface area contributed by atoms with Gasteiger partial charge in [-0.15, -0.1) is 0 Å². The van der Waals surface area contributed by atoms with Gasteiger partial charge in [-0.05, 0) is 30.7 Å². The molecule has 1 saturated heterocycles. The summed E-state index contributed by atoms with van der Waals surface area (Å²) in [7, 11) is -0.794. The molecule has 0 aliphatic carbocycles. The average molecular weight is 241 g/mol. The highest BCUT2D eigenvalue weighted by Crippen LogP contribution is 2.19. The predicted molar refractivity (Wildman–Crippen MR) is 64.2 cm³/mol. The third kappa shape index (κ3) is 2.68. The van der Waals surface area contributed by atoms with Crippen LogP contribution in [-0.2, 0) is 10.8 Å². The second kappa shape index (κ2) is 5.06. The van der Waals surface area contributed by atoms with Crippen molar-refractivity contribution in [2.75, 3.05) is 12.3 Å². The van der Waals surface area contributed by atoms with E-state index in [-0.39, 0.29) is 17.1 Å². The summed E-state index contributed by atoms with van der Waals surface area (Å²) < 4.78 is 24.7. The summed E-state index contributed by atoms with van der Waals surface area (Å²) in [4.78, 5) is 0. The molecule has 1 aromatic rings. The minimum absolute atomic E-state index is 0.0892. The molecule has 0 aromatic heterocycles. The van der Waals surface area contributed by atoms with Crippen molar-refractivity contribution in [3.8, 4) is 0 Å². The van der Waals surface area contributed by atoms with Crippen molar-refractivity contribution >= 4 is 10.8 Å². The van der Waals surface area contributed by atoms with Gasteiger partial charge in [0.2, 0.25) is 0 Å². The first-order chi connectivity index (χ1) is 7.66. The lowest BCUT2D eigenvalue weighted by molar-refractivity contribution is 0.575. The van der Waals surface area contributed by atoms with Crippen LogP contribution in [0.3, 0.4) is 0 Å². The van der Waals surface area contributed by atoms with Gasteiger partial charge in [-0.2, -0.15) is 0 Å². The minimum Gasteiger partial charge on any atom is -0.309 e. The third-order valence-corrected chi connectivity index (χ3v) is 4.79. The molecular formula is C12H16FNOS. The van der Waals surface area contributed by atoms with Crippen LogP contribution in [-0.4, -0.2) is 21.8 Å². The highest BCUT2D eigenvalue weighted by Gasteiger charge is 2.22. The van der Waals surface area contributed by atoms with E-state index in [2.05, 4.69) is 5.32 Å². The third-order valence-electron chi connectivity index (χ3n) is 2.99. The van der Waals surface area contributed by atoms with Crippen molar-refractivity contribution in [2.45, 2.75) is 24.6 Å². The Labute approximate surface area is 97.7 Å². The fourth-order valence-electron chi connectivity index (χ4n) is 1.89. The second-order valence-electron chi connectivity index (χ2n) is 4.20. The van der Waals surface area contributed by atoms with E-state index in [1.54, 1.807) is 12.1 Å². The molecular weight excluding hydrogens is 225 g/mol. The number of hydrogen-bond donors (Lipinski definition) is 1. The van der Waals surface area contributed by atoms with Gasteiger partial charge in [0.15, 0.2) is 0 Å². The lowest BCUT2D eigenvalue weighted by Gasteiger charge is -2.15. The van der Waals surface area contributed by atoms with Gasteiger partial charge in [-0.1, -0.05) is 19.1 Å². The normalized spacial score (nSPS) is 31.0. The van der Waals surface area contributed by atoms with Crippen LogP contribution in [0, 0.1) is 5.82 Å². The van der Waals surface area contributed by atoms with E-state index in [1.165, 1.54) is 12.1 Å². The Morgan fingerprint density at radius 1 is 1.38 bits per heavy atom. The molecule has 2 rings (SSSR count). The maximum absolute atomic E-state index is 12.8. The molecule has 1 aliphatic heterocycles. The van der Waals surface area contributed by atoms with Crippen molar-refractivity contribution in [1.82, 2.24) is 5.32 Å². The molecule has 16 heavy (non-hydrogen) atoms.